The molecule has 4 rings (SSSR count). The van der Waals surface area contributed by atoms with Crippen LogP contribution in [0.1, 0.15) is 93.9 Å². The van der Waals surface area contributed by atoms with Gasteiger partial charge in [-0.3, -0.25) is 0 Å². The Morgan fingerprint density at radius 2 is 1.62 bits per heavy atom. The first kappa shape index (κ1) is 38.2. The molecule has 1 aromatic carbocycles. The van der Waals surface area contributed by atoms with Crippen LogP contribution in [-0.4, -0.2) is 39.4 Å². The number of ether oxygens (including phenoxy) is 1. The fourth-order valence-electron chi connectivity index (χ4n) is 7.06. The highest BCUT2D eigenvalue weighted by molar-refractivity contribution is 8.14. The van der Waals surface area contributed by atoms with Gasteiger partial charge in [0.15, 0.2) is 16.6 Å². The van der Waals surface area contributed by atoms with E-state index in [9.17, 15) is 4.79 Å². The molecule has 260 valence electrons. The molecule has 47 heavy (non-hydrogen) atoms. The number of carbonyl (C=O) groups excluding carboxylic acids is 1. The SMILES string of the molecule is C=C1C(=CC=C2CCC[C@]3(C)C([C@@H](C)SC(=O)Oc4ccccc4)=CC[C@@H]23)C[C@@H](O[Si](C)(C)C(C)(C)C)C[C@@H]1O[Si](C)(C)C(C)(C)C. The maximum atomic E-state index is 12.8. The van der Waals surface area contributed by atoms with E-state index >= 15 is 0 Å². The monoisotopic (exact) mass is 694 g/mol. The lowest BCUT2D eigenvalue weighted by Crippen LogP contribution is -2.49. The van der Waals surface area contributed by atoms with Crippen molar-refractivity contribution >= 4 is 33.7 Å². The Hall–Kier alpha value is -1.65. The van der Waals surface area contributed by atoms with Gasteiger partial charge in [0.05, 0.1) is 12.2 Å². The second-order valence-corrected chi connectivity index (χ2v) is 28.2. The van der Waals surface area contributed by atoms with Gasteiger partial charge in [-0.05, 0) is 122 Å². The number of benzene rings is 1. The van der Waals surface area contributed by atoms with Gasteiger partial charge >= 0.3 is 5.30 Å². The molecule has 0 spiro atoms. The first-order chi connectivity index (χ1) is 21.6. The number of para-hydroxylation sites is 1. The average molecular weight is 695 g/mol. The number of thioether (sulfide) groups is 1. The van der Waals surface area contributed by atoms with E-state index in [1.165, 1.54) is 28.5 Å². The van der Waals surface area contributed by atoms with Crippen LogP contribution in [0.15, 0.2) is 77.4 Å². The minimum atomic E-state index is -2.01. The van der Waals surface area contributed by atoms with Crippen LogP contribution >= 0.6 is 11.8 Å². The molecular formula is C40H62O4SSi2. The summed E-state index contributed by atoms with van der Waals surface area (Å²) in [5, 5.41) is 0.0994. The van der Waals surface area contributed by atoms with Gasteiger partial charge < -0.3 is 13.6 Å². The Morgan fingerprint density at radius 3 is 2.23 bits per heavy atom. The standard InChI is InChI=1S/C40H62O4SSi2/c1-28-31(26-33(43-46(10,11)38(3,4)5)27-36(28)44-47(12,13)39(6,7)8)22-21-30-18-17-25-40(9)34(23-24-35(30)40)29(2)45-37(41)42-32-19-15-14-16-20-32/h14-16,19-23,29,33,35-36H,1,17-18,24-27H2,2-13H3/t29-,33-,35+,36+,40-/m1/s1. The number of hydrogen-bond acceptors (Lipinski definition) is 5. The van der Waals surface area contributed by atoms with Crippen molar-refractivity contribution in [2.45, 2.75) is 148 Å². The topological polar surface area (TPSA) is 44.8 Å². The lowest BCUT2D eigenvalue weighted by atomic mass is 9.64. The summed E-state index contributed by atoms with van der Waals surface area (Å²) in [6.07, 6.45) is 13.5. The first-order valence-electron chi connectivity index (χ1n) is 17.7. The van der Waals surface area contributed by atoms with Crippen molar-refractivity contribution in [2.75, 3.05) is 0 Å². The molecule has 0 heterocycles. The molecule has 0 unspecified atom stereocenters. The molecule has 5 atom stereocenters. The van der Waals surface area contributed by atoms with Crippen LogP contribution in [0, 0.1) is 11.3 Å². The summed E-state index contributed by atoms with van der Waals surface area (Å²) in [4.78, 5) is 12.8. The largest absolute Gasteiger partial charge is 0.418 e. The second kappa shape index (κ2) is 14.3. The van der Waals surface area contributed by atoms with E-state index in [4.69, 9.17) is 13.6 Å². The third-order valence-electron chi connectivity index (χ3n) is 12.0. The summed E-state index contributed by atoms with van der Waals surface area (Å²) in [5.41, 5.74) is 5.37. The number of carbonyl (C=O) groups is 1. The summed E-state index contributed by atoms with van der Waals surface area (Å²) in [6.45, 7) is 32.5. The molecule has 0 radical (unpaired) electrons. The minimum absolute atomic E-state index is 0.0195. The Morgan fingerprint density at radius 1 is 1.00 bits per heavy atom. The molecule has 7 heteroatoms. The number of hydrogen-bond donors (Lipinski definition) is 0. The van der Waals surface area contributed by atoms with Crippen molar-refractivity contribution < 1.29 is 18.4 Å². The molecule has 1 aromatic rings. The van der Waals surface area contributed by atoms with Crippen LogP contribution in [0.4, 0.5) is 4.79 Å². The minimum Gasteiger partial charge on any atom is -0.418 e. The second-order valence-electron chi connectivity index (χ2n) is 17.4. The molecule has 0 bridgehead atoms. The van der Waals surface area contributed by atoms with Crippen LogP contribution in [0.2, 0.25) is 36.3 Å². The maximum absolute atomic E-state index is 12.8. The highest BCUT2D eigenvalue weighted by atomic mass is 32.2. The third-order valence-corrected chi connectivity index (χ3v) is 21.9. The van der Waals surface area contributed by atoms with E-state index in [-0.39, 0.29) is 38.3 Å². The summed E-state index contributed by atoms with van der Waals surface area (Å²) in [6, 6.07) is 9.35. The lowest BCUT2D eigenvalue weighted by molar-refractivity contribution is 0.0969. The van der Waals surface area contributed by atoms with Gasteiger partial charge in [0.2, 0.25) is 0 Å². The summed E-state index contributed by atoms with van der Waals surface area (Å²) >= 11 is 1.30. The Balaban J connectivity index is 1.55. The predicted octanol–water partition coefficient (Wildman–Crippen LogP) is 12.4. The van der Waals surface area contributed by atoms with Crippen LogP contribution in [-0.2, 0) is 8.85 Å². The van der Waals surface area contributed by atoms with Crippen molar-refractivity contribution in [3.05, 3.63) is 77.4 Å². The van der Waals surface area contributed by atoms with Gasteiger partial charge in [-0.2, -0.15) is 0 Å². The molecule has 4 nitrogen and oxygen atoms in total. The van der Waals surface area contributed by atoms with E-state index in [1.54, 1.807) is 0 Å². The number of fused-ring (bicyclic) bond motifs is 1. The van der Waals surface area contributed by atoms with Crippen molar-refractivity contribution in [3.8, 4) is 5.75 Å². The van der Waals surface area contributed by atoms with Crippen molar-refractivity contribution in [1.29, 1.82) is 0 Å². The van der Waals surface area contributed by atoms with Crippen LogP contribution in [0.3, 0.4) is 0 Å². The predicted molar refractivity (Wildman–Crippen MR) is 206 cm³/mol. The van der Waals surface area contributed by atoms with Gasteiger partial charge in [0.25, 0.3) is 0 Å². The molecule has 0 amide bonds. The summed E-state index contributed by atoms with van der Waals surface area (Å²) in [7, 11) is -3.98. The molecule has 3 aliphatic rings. The Bertz CT molecular complexity index is 1400. The zero-order chi connectivity index (χ0) is 35.0. The third kappa shape index (κ3) is 8.75. The fourth-order valence-corrected chi connectivity index (χ4v) is 10.7. The Labute approximate surface area is 293 Å². The van der Waals surface area contributed by atoms with Gasteiger partial charge in [-0.15, -0.1) is 0 Å². The molecule has 3 aliphatic carbocycles. The van der Waals surface area contributed by atoms with Crippen molar-refractivity contribution in [1.82, 2.24) is 0 Å². The molecule has 0 N–H and O–H groups in total. The molecule has 0 aromatic heterocycles. The van der Waals surface area contributed by atoms with Crippen molar-refractivity contribution in [3.63, 3.8) is 0 Å². The Kier molecular flexibility index (Phi) is 11.6. The van der Waals surface area contributed by atoms with E-state index in [0.717, 1.165) is 44.1 Å². The normalized spacial score (nSPS) is 28.3. The van der Waals surface area contributed by atoms with Crippen LogP contribution in [0.5, 0.6) is 5.75 Å². The molecule has 2 fully saturated rings. The van der Waals surface area contributed by atoms with Gasteiger partial charge in [0, 0.05) is 11.7 Å². The zero-order valence-corrected chi connectivity index (χ0v) is 34.2. The van der Waals surface area contributed by atoms with Crippen LogP contribution < -0.4 is 4.74 Å². The zero-order valence-electron chi connectivity index (χ0n) is 31.4. The molecule has 0 aliphatic heterocycles. The maximum Gasteiger partial charge on any atom is 0.373 e. The van der Waals surface area contributed by atoms with Gasteiger partial charge in [-0.1, -0.05) is 103 Å². The first-order valence-corrected chi connectivity index (χ1v) is 24.4. The van der Waals surface area contributed by atoms with E-state index < -0.39 is 16.6 Å². The lowest BCUT2D eigenvalue weighted by Gasteiger charge is -2.45. The fraction of sp³-hybridized carbons (Fsp3) is 0.625. The average Bonchev–Trinajstić information content (AvgIpc) is 3.30. The smallest absolute Gasteiger partial charge is 0.373 e. The van der Waals surface area contributed by atoms with Crippen molar-refractivity contribution in [2.24, 2.45) is 11.3 Å². The number of rotatable bonds is 8. The highest BCUT2D eigenvalue weighted by Crippen LogP contribution is 2.57. The van der Waals surface area contributed by atoms with E-state index in [2.05, 4.69) is 106 Å². The van der Waals surface area contributed by atoms with E-state index in [0.29, 0.717) is 11.7 Å². The molecule has 2 saturated carbocycles. The number of allylic oxidation sites excluding steroid dienone is 4. The van der Waals surface area contributed by atoms with E-state index in [1.807, 2.05) is 30.3 Å². The molecular weight excluding hydrogens is 633 g/mol. The highest BCUT2D eigenvalue weighted by Gasteiger charge is 2.47. The molecule has 0 saturated heterocycles. The summed E-state index contributed by atoms with van der Waals surface area (Å²) in [5.74, 6) is 1.04. The summed E-state index contributed by atoms with van der Waals surface area (Å²) < 4.78 is 19.7. The quantitative estimate of drug-likeness (QED) is 0.154. The van der Waals surface area contributed by atoms with Gasteiger partial charge in [-0.25, -0.2) is 4.79 Å². The van der Waals surface area contributed by atoms with Crippen LogP contribution in [0.25, 0.3) is 0 Å². The van der Waals surface area contributed by atoms with Gasteiger partial charge in [0.1, 0.15) is 5.75 Å².